The third-order valence-electron chi connectivity index (χ3n) is 3.47. The van der Waals surface area contributed by atoms with E-state index in [1.165, 1.54) is 0 Å². The molecule has 1 aromatic rings. The number of halogens is 1. The molecule has 0 amide bonds. The number of hydrogen-bond donors (Lipinski definition) is 2. The summed E-state index contributed by atoms with van der Waals surface area (Å²) in [6.45, 7) is 2.33. The Labute approximate surface area is 129 Å². The molecule has 1 aliphatic rings. The second-order valence-electron chi connectivity index (χ2n) is 4.81. The molecule has 1 saturated heterocycles. The first-order valence-electron chi connectivity index (χ1n) is 6.68. The number of anilines is 1. The first-order valence-corrected chi connectivity index (χ1v) is 7.47. The second kappa shape index (κ2) is 7.22. The van der Waals surface area contributed by atoms with Crippen LogP contribution in [0, 0.1) is 0 Å². The van der Waals surface area contributed by atoms with Crippen LogP contribution in [-0.2, 0) is 4.74 Å². The molecule has 2 rings (SSSR count). The van der Waals surface area contributed by atoms with Gasteiger partial charge in [0.1, 0.15) is 4.99 Å². The van der Waals surface area contributed by atoms with Crippen molar-refractivity contribution < 1.29 is 9.84 Å². The molecule has 110 valence electrons. The fourth-order valence-electron chi connectivity index (χ4n) is 2.40. The smallest absolute Gasteiger partial charge is 0.105 e. The van der Waals surface area contributed by atoms with Gasteiger partial charge >= 0.3 is 0 Å². The zero-order valence-corrected chi connectivity index (χ0v) is 12.8. The van der Waals surface area contributed by atoms with Crippen LogP contribution in [0.3, 0.4) is 0 Å². The quantitative estimate of drug-likeness (QED) is 0.814. The first-order chi connectivity index (χ1) is 9.61. The molecule has 6 heteroatoms. The van der Waals surface area contributed by atoms with Gasteiger partial charge in [0.05, 0.1) is 24.3 Å². The SMILES string of the molecule is NC(=S)c1ccc(N2CCC(OCCO)CC2)cc1Cl. The Balaban J connectivity index is 1.97. The van der Waals surface area contributed by atoms with Crippen LogP contribution in [0.15, 0.2) is 18.2 Å². The highest BCUT2D eigenvalue weighted by molar-refractivity contribution is 7.80. The van der Waals surface area contributed by atoms with Crippen molar-refractivity contribution in [2.24, 2.45) is 5.73 Å². The third kappa shape index (κ3) is 3.82. The van der Waals surface area contributed by atoms with Crippen LogP contribution in [0.2, 0.25) is 5.02 Å². The first kappa shape index (κ1) is 15.5. The van der Waals surface area contributed by atoms with E-state index in [0.29, 0.717) is 22.2 Å². The summed E-state index contributed by atoms with van der Waals surface area (Å²) in [6, 6.07) is 5.77. The Morgan fingerprint density at radius 2 is 2.15 bits per heavy atom. The van der Waals surface area contributed by atoms with Crippen molar-refractivity contribution in [1.29, 1.82) is 0 Å². The van der Waals surface area contributed by atoms with Gasteiger partial charge in [-0.05, 0) is 31.0 Å². The molecule has 1 fully saturated rings. The molecule has 3 N–H and O–H groups in total. The summed E-state index contributed by atoms with van der Waals surface area (Å²) < 4.78 is 5.55. The molecule has 0 bridgehead atoms. The molecule has 0 aliphatic carbocycles. The highest BCUT2D eigenvalue weighted by atomic mass is 35.5. The Morgan fingerprint density at radius 3 is 2.70 bits per heavy atom. The van der Waals surface area contributed by atoms with Crippen LogP contribution in [0.25, 0.3) is 0 Å². The molecule has 1 aliphatic heterocycles. The summed E-state index contributed by atoms with van der Waals surface area (Å²) in [5, 5.41) is 9.35. The minimum absolute atomic E-state index is 0.0796. The predicted octanol–water partition coefficient (Wildman–Crippen LogP) is 1.95. The maximum absolute atomic E-state index is 8.76. The van der Waals surface area contributed by atoms with Crippen LogP contribution in [-0.4, -0.2) is 42.5 Å². The van der Waals surface area contributed by atoms with Crippen molar-refractivity contribution in [1.82, 2.24) is 0 Å². The molecule has 0 saturated carbocycles. The maximum Gasteiger partial charge on any atom is 0.105 e. The molecule has 4 nitrogen and oxygen atoms in total. The molecule has 0 radical (unpaired) electrons. The topological polar surface area (TPSA) is 58.7 Å². The number of benzene rings is 1. The normalized spacial score (nSPS) is 16.4. The average molecular weight is 315 g/mol. The summed E-state index contributed by atoms with van der Waals surface area (Å²) in [7, 11) is 0. The van der Waals surface area contributed by atoms with Gasteiger partial charge in [0, 0.05) is 24.3 Å². The van der Waals surface area contributed by atoms with Crippen LogP contribution in [0.4, 0.5) is 5.69 Å². The number of thiocarbonyl (C=S) groups is 1. The van der Waals surface area contributed by atoms with E-state index in [4.69, 9.17) is 39.4 Å². The van der Waals surface area contributed by atoms with Gasteiger partial charge in [0.25, 0.3) is 0 Å². The molecule has 0 unspecified atom stereocenters. The molecule has 1 heterocycles. The zero-order valence-electron chi connectivity index (χ0n) is 11.2. The molecule has 20 heavy (non-hydrogen) atoms. The average Bonchev–Trinajstić information content (AvgIpc) is 2.45. The molecule has 0 aromatic heterocycles. The fraction of sp³-hybridized carbons (Fsp3) is 0.500. The van der Waals surface area contributed by atoms with Gasteiger partial charge in [-0.25, -0.2) is 0 Å². The van der Waals surface area contributed by atoms with E-state index in [-0.39, 0.29) is 12.7 Å². The fourth-order valence-corrected chi connectivity index (χ4v) is 2.91. The summed E-state index contributed by atoms with van der Waals surface area (Å²) in [5.74, 6) is 0. The van der Waals surface area contributed by atoms with E-state index in [0.717, 1.165) is 31.6 Å². The molecular formula is C14H19ClN2O2S. The van der Waals surface area contributed by atoms with Gasteiger partial charge in [-0.1, -0.05) is 23.8 Å². The van der Waals surface area contributed by atoms with E-state index >= 15 is 0 Å². The predicted molar refractivity (Wildman–Crippen MR) is 85.6 cm³/mol. The van der Waals surface area contributed by atoms with Crippen molar-refractivity contribution in [3.8, 4) is 0 Å². The highest BCUT2D eigenvalue weighted by Gasteiger charge is 2.20. The Hall–Kier alpha value is -0.880. The lowest BCUT2D eigenvalue weighted by Crippen LogP contribution is -2.37. The molecule has 0 atom stereocenters. The van der Waals surface area contributed by atoms with Gasteiger partial charge in [-0.2, -0.15) is 0 Å². The molecular weight excluding hydrogens is 296 g/mol. The van der Waals surface area contributed by atoms with Crippen molar-refractivity contribution >= 4 is 34.5 Å². The number of hydrogen-bond acceptors (Lipinski definition) is 4. The number of piperidine rings is 1. The van der Waals surface area contributed by atoms with E-state index in [1.54, 1.807) is 0 Å². The summed E-state index contributed by atoms with van der Waals surface area (Å²) in [5.41, 5.74) is 7.40. The summed E-state index contributed by atoms with van der Waals surface area (Å²) in [4.78, 5) is 2.59. The van der Waals surface area contributed by atoms with Crippen LogP contribution in [0.1, 0.15) is 18.4 Å². The van der Waals surface area contributed by atoms with E-state index in [2.05, 4.69) is 4.90 Å². The van der Waals surface area contributed by atoms with E-state index in [1.807, 2.05) is 18.2 Å². The number of aliphatic hydroxyl groups is 1. The van der Waals surface area contributed by atoms with Crippen LogP contribution < -0.4 is 10.6 Å². The van der Waals surface area contributed by atoms with Crippen molar-refractivity contribution in [2.75, 3.05) is 31.2 Å². The van der Waals surface area contributed by atoms with Gasteiger partial charge in [0.15, 0.2) is 0 Å². The standard InChI is InChI=1S/C14H19ClN2O2S/c15-13-9-10(1-2-12(13)14(16)20)17-5-3-11(4-6-17)19-8-7-18/h1-2,9,11,18H,3-8H2,(H2,16,20). The monoisotopic (exact) mass is 314 g/mol. The minimum atomic E-state index is 0.0796. The number of ether oxygens (including phenoxy) is 1. The largest absolute Gasteiger partial charge is 0.394 e. The zero-order chi connectivity index (χ0) is 14.5. The Morgan fingerprint density at radius 1 is 1.45 bits per heavy atom. The van der Waals surface area contributed by atoms with Crippen molar-refractivity contribution in [3.05, 3.63) is 28.8 Å². The number of nitrogens with zero attached hydrogens (tertiary/aromatic N) is 1. The summed E-state index contributed by atoms with van der Waals surface area (Å²) >= 11 is 11.1. The highest BCUT2D eigenvalue weighted by Crippen LogP contribution is 2.26. The molecule has 1 aromatic carbocycles. The van der Waals surface area contributed by atoms with Crippen molar-refractivity contribution in [2.45, 2.75) is 18.9 Å². The van der Waals surface area contributed by atoms with E-state index in [9.17, 15) is 0 Å². The van der Waals surface area contributed by atoms with E-state index < -0.39 is 0 Å². The van der Waals surface area contributed by atoms with Crippen molar-refractivity contribution in [3.63, 3.8) is 0 Å². The van der Waals surface area contributed by atoms with Gasteiger partial charge in [-0.3, -0.25) is 0 Å². The lowest BCUT2D eigenvalue weighted by molar-refractivity contribution is 0.0159. The minimum Gasteiger partial charge on any atom is -0.394 e. The number of nitrogens with two attached hydrogens (primary N) is 1. The van der Waals surface area contributed by atoms with Gasteiger partial charge in [-0.15, -0.1) is 0 Å². The molecule has 0 spiro atoms. The Bertz CT molecular complexity index is 476. The van der Waals surface area contributed by atoms with Crippen LogP contribution in [0.5, 0.6) is 0 Å². The maximum atomic E-state index is 8.76. The third-order valence-corrected chi connectivity index (χ3v) is 4.00. The lowest BCUT2D eigenvalue weighted by atomic mass is 10.1. The number of aliphatic hydroxyl groups excluding tert-OH is 1. The second-order valence-corrected chi connectivity index (χ2v) is 5.66. The lowest BCUT2D eigenvalue weighted by Gasteiger charge is -2.33. The number of rotatable bonds is 5. The Kier molecular flexibility index (Phi) is 5.60. The van der Waals surface area contributed by atoms with Crippen LogP contribution >= 0.6 is 23.8 Å². The van der Waals surface area contributed by atoms with Gasteiger partial charge < -0.3 is 20.5 Å². The summed E-state index contributed by atoms with van der Waals surface area (Å²) in [6.07, 6.45) is 2.15. The van der Waals surface area contributed by atoms with Gasteiger partial charge in [0.2, 0.25) is 0 Å².